The number of ether oxygens (including phenoxy) is 1. The van der Waals surface area contributed by atoms with Crippen LogP contribution in [-0.4, -0.2) is 12.6 Å². The molecule has 2 nitrogen and oxygen atoms in total. The van der Waals surface area contributed by atoms with Crippen LogP contribution in [-0.2, 0) is 9.53 Å². The first-order valence-corrected chi connectivity index (χ1v) is 11.4. The minimum Gasteiger partial charge on any atom is -0.462 e. The first-order chi connectivity index (χ1) is 12.6. The Balaban J connectivity index is 3.20. The monoisotopic (exact) mass is 366 g/mol. The van der Waals surface area contributed by atoms with Gasteiger partial charge in [0.15, 0.2) is 0 Å². The summed E-state index contributed by atoms with van der Waals surface area (Å²) in [5, 5.41) is 0. The van der Waals surface area contributed by atoms with Crippen molar-refractivity contribution < 1.29 is 9.53 Å². The summed E-state index contributed by atoms with van der Waals surface area (Å²) in [5.41, 5.74) is 0.492. The second kappa shape index (κ2) is 19.0. The maximum Gasteiger partial charge on any atom is 0.333 e. The zero-order chi connectivity index (χ0) is 19.5. The van der Waals surface area contributed by atoms with E-state index in [-0.39, 0.29) is 5.97 Å². The highest BCUT2D eigenvalue weighted by molar-refractivity contribution is 5.86. The summed E-state index contributed by atoms with van der Waals surface area (Å²) in [7, 11) is 0. The van der Waals surface area contributed by atoms with Gasteiger partial charge in [-0.3, -0.25) is 0 Å². The Kier molecular flexibility index (Phi) is 18.4. The highest BCUT2D eigenvalue weighted by atomic mass is 16.5. The van der Waals surface area contributed by atoms with Crippen LogP contribution >= 0.6 is 0 Å². The maximum atomic E-state index is 11.2. The van der Waals surface area contributed by atoms with E-state index < -0.39 is 0 Å². The molecule has 1 atom stereocenters. The normalized spacial score (nSPS) is 12.1. The Bertz CT molecular complexity index is 335. The molecule has 0 rings (SSSR count). The van der Waals surface area contributed by atoms with E-state index in [9.17, 15) is 4.79 Å². The van der Waals surface area contributed by atoms with Gasteiger partial charge in [-0.05, 0) is 19.3 Å². The zero-order valence-corrected chi connectivity index (χ0v) is 18.1. The van der Waals surface area contributed by atoms with E-state index in [0.29, 0.717) is 12.2 Å². The van der Waals surface area contributed by atoms with E-state index in [1.54, 1.807) is 6.92 Å². The summed E-state index contributed by atoms with van der Waals surface area (Å²) < 4.78 is 5.10. The predicted octanol–water partition coefficient (Wildman–Crippen LogP) is 8.00. The third-order valence-electron chi connectivity index (χ3n) is 5.22. The number of unbranched alkanes of at least 4 members (excludes halogenated alkanes) is 12. The average Bonchev–Trinajstić information content (AvgIpc) is 2.62. The molecule has 0 saturated heterocycles. The molecule has 0 bridgehead atoms. The van der Waals surface area contributed by atoms with Crippen LogP contribution in [0.5, 0.6) is 0 Å². The molecule has 0 aromatic heterocycles. The van der Waals surface area contributed by atoms with Crippen LogP contribution < -0.4 is 0 Å². The number of carbonyl (C=O) groups excluding carboxylic acids is 1. The Labute approximate surface area is 164 Å². The van der Waals surface area contributed by atoms with Crippen LogP contribution in [0, 0.1) is 5.92 Å². The van der Waals surface area contributed by atoms with Crippen molar-refractivity contribution in [3.63, 3.8) is 0 Å². The summed E-state index contributed by atoms with van der Waals surface area (Å²) in [5.74, 6) is 0.666. The van der Waals surface area contributed by atoms with Gasteiger partial charge in [-0.2, -0.15) is 0 Å². The van der Waals surface area contributed by atoms with Crippen LogP contribution in [0.2, 0.25) is 0 Å². The summed E-state index contributed by atoms with van der Waals surface area (Å²) in [4.78, 5) is 11.2. The van der Waals surface area contributed by atoms with E-state index in [4.69, 9.17) is 4.74 Å². The smallest absolute Gasteiger partial charge is 0.333 e. The summed E-state index contributed by atoms with van der Waals surface area (Å²) >= 11 is 0. The number of carbonyl (C=O) groups is 1. The van der Waals surface area contributed by atoms with Gasteiger partial charge >= 0.3 is 5.97 Å². The number of rotatable bonds is 19. The molecule has 0 aromatic rings. The summed E-state index contributed by atoms with van der Waals surface area (Å²) in [6.07, 6.45) is 21.7. The summed E-state index contributed by atoms with van der Waals surface area (Å²) in [6.45, 7) is 10.5. The highest BCUT2D eigenvalue weighted by Crippen LogP contribution is 2.18. The van der Waals surface area contributed by atoms with Crippen molar-refractivity contribution in [1.29, 1.82) is 0 Å². The van der Waals surface area contributed by atoms with E-state index in [1.807, 2.05) is 0 Å². The fourth-order valence-corrected chi connectivity index (χ4v) is 3.36. The van der Waals surface area contributed by atoms with Gasteiger partial charge in [-0.25, -0.2) is 4.79 Å². The molecule has 0 aliphatic carbocycles. The molecule has 26 heavy (non-hydrogen) atoms. The van der Waals surface area contributed by atoms with Gasteiger partial charge in [0, 0.05) is 5.57 Å². The highest BCUT2D eigenvalue weighted by Gasteiger charge is 2.03. The largest absolute Gasteiger partial charge is 0.462 e. The Hall–Kier alpha value is -0.790. The van der Waals surface area contributed by atoms with Crippen molar-refractivity contribution in [1.82, 2.24) is 0 Å². The van der Waals surface area contributed by atoms with E-state index >= 15 is 0 Å². The van der Waals surface area contributed by atoms with E-state index in [1.165, 1.54) is 96.3 Å². The molecular weight excluding hydrogens is 320 g/mol. The van der Waals surface area contributed by atoms with Gasteiger partial charge in [-0.1, -0.05) is 117 Å². The molecule has 0 saturated carbocycles. The molecule has 0 spiro atoms. The quantitative estimate of drug-likeness (QED) is 0.131. The van der Waals surface area contributed by atoms with Crippen LogP contribution in [0.4, 0.5) is 0 Å². The third-order valence-corrected chi connectivity index (χ3v) is 5.22. The van der Waals surface area contributed by atoms with Gasteiger partial charge in [0.05, 0.1) is 6.61 Å². The molecule has 0 heterocycles. The van der Waals surface area contributed by atoms with Gasteiger partial charge < -0.3 is 4.74 Å². The Morgan fingerprint density at radius 3 is 1.65 bits per heavy atom. The standard InChI is InChI=1S/C24H46O2/c1-5-6-7-8-13-16-19-23(4)20-17-14-11-9-10-12-15-18-21-26-24(25)22(2)3/h23H,2,5-21H2,1,3-4H3. The van der Waals surface area contributed by atoms with Gasteiger partial charge in [0.1, 0.15) is 0 Å². The number of esters is 1. The lowest BCUT2D eigenvalue weighted by atomic mass is 9.96. The first kappa shape index (κ1) is 25.2. The molecule has 0 aliphatic rings. The second-order valence-electron chi connectivity index (χ2n) is 8.19. The average molecular weight is 367 g/mol. The second-order valence-corrected chi connectivity index (χ2v) is 8.19. The Morgan fingerprint density at radius 1 is 0.769 bits per heavy atom. The van der Waals surface area contributed by atoms with Crippen molar-refractivity contribution in [2.45, 2.75) is 124 Å². The van der Waals surface area contributed by atoms with Gasteiger partial charge in [0.25, 0.3) is 0 Å². The van der Waals surface area contributed by atoms with E-state index in [0.717, 1.165) is 12.3 Å². The first-order valence-electron chi connectivity index (χ1n) is 11.4. The van der Waals surface area contributed by atoms with Crippen molar-refractivity contribution in [2.75, 3.05) is 6.61 Å². The molecule has 154 valence electrons. The minimum absolute atomic E-state index is 0.254. The van der Waals surface area contributed by atoms with Crippen molar-refractivity contribution in [3.05, 3.63) is 12.2 Å². The van der Waals surface area contributed by atoms with E-state index in [2.05, 4.69) is 20.4 Å². The van der Waals surface area contributed by atoms with Crippen molar-refractivity contribution in [2.24, 2.45) is 5.92 Å². The molecule has 0 aromatic carbocycles. The van der Waals surface area contributed by atoms with Crippen LogP contribution in [0.25, 0.3) is 0 Å². The molecule has 0 fully saturated rings. The molecular formula is C24H46O2. The lowest BCUT2D eigenvalue weighted by Crippen LogP contribution is -2.05. The minimum atomic E-state index is -0.254. The fourth-order valence-electron chi connectivity index (χ4n) is 3.36. The predicted molar refractivity (Wildman–Crippen MR) is 114 cm³/mol. The molecule has 0 radical (unpaired) electrons. The zero-order valence-electron chi connectivity index (χ0n) is 18.1. The molecule has 1 unspecified atom stereocenters. The van der Waals surface area contributed by atoms with Crippen molar-refractivity contribution >= 4 is 5.97 Å². The lowest BCUT2D eigenvalue weighted by Gasteiger charge is -2.11. The number of hydrogen-bond donors (Lipinski definition) is 0. The van der Waals surface area contributed by atoms with Crippen LogP contribution in [0.15, 0.2) is 12.2 Å². The molecule has 2 heteroatoms. The molecule has 0 N–H and O–H groups in total. The molecule has 0 aliphatic heterocycles. The topological polar surface area (TPSA) is 26.3 Å². The van der Waals surface area contributed by atoms with Crippen LogP contribution in [0.1, 0.15) is 124 Å². The third kappa shape index (κ3) is 18.0. The van der Waals surface area contributed by atoms with Gasteiger partial charge in [0.2, 0.25) is 0 Å². The summed E-state index contributed by atoms with van der Waals surface area (Å²) in [6, 6.07) is 0. The van der Waals surface area contributed by atoms with Crippen LogP contribution in [0.3, 0.4) is 0 Å². The van der Waals surface area contributed by atoms with Crippen molar-refractivity contribution in [3.8, 4) is 0 Å². The molecule has 0 amide bonds. The number of hydrogen-bond acceptors (Lipinski definition) is 2. The lowest BCUT2D eigenvalue weighted by molar-refractivity contribution is -0.139. The maximum absolute atomic E-state index is 11.2. The van der Waals surface area contributed by atoms with Gasteiger partial charge in [-0.15, -0.1) is 0 Å². The fraction of sp³-hybridized carbons (Fsp3) is 0.875. The Morgan fingerprint density at radius 2 is 1.19 bits per heavy atom. The SMILES string of the molecule is C=C(C)C(=O)OCCCCCCCCCCC(C)CCCCCCCC.